The fraction of sp³-hybridized carbons (Fsp3) is 0. The summed E-state index contributed by atoms with van der Waals surface area (Å²) in [5.41, 5.74) is 9.90. The van der Waals surface area contributed by atoms with Crippen molar-refractivity contribution in [1.82, 2.24) is 5.16 Å². The van der Waals surface area contributed by atoms with Gasteiger partial charge in [-0.25, -0.2) is 0 Å². The molecule has 0 spiro atoms. The van der Waals surface area contributed by atoms with Crippen LogP contribution in [0.15, 0.2) is 45.1 Å². The number of benzene rings is 1. The van der Waals surface area contributed by atoms with E-state index in [2.05, 4.69) is 20.3 Å². The second-order valence-corrected chi connectivity index (χ2v) is 3.05. The molecule has 0 aliphatic heterocycles. The van der Waals surface area contributed by atoms with Crippen molar-refractivity contribution in [3.05, 3.63) is 46.3 Å². The van der Waals surface area contributed by atoms with Crippen LogP contribution >= 0.6 is 0 Å². The van der Waals surface area contributed by atoms with Crippen LogP contribution in [-0.2, 0) is 0 Å². The summed E-state index contributed by atoms with van der Waals surface area (Å²) < 4.78 is 4.87. The number of oxime groups is 1. The van der Waals surface area contributed by atoms with Crippen molar-refractivity contribution in [2.75, 3.05) is 0 Å². The second kappa shape index (κ2) is 4.82. The van der Waals surface area contributed by atoms with E-state index in [0.29, 0.717) is 11.3 Å². The van der Waals surface area contributed by atoms with Crippen LogP contribution < -0.4 is 0 Å². The molecule has 0 saturated heterocycles. The molecule has 0 aliphatic carbocycles. The first-order chi connectivity index (χ1) is 8.36. The average Bonchev–Trinajstić information content (AvgIpc) is 2.75. The van der Waals surface area contributed by atoms with Crippen LogP contribution in [0.4, 0.5) is 5.88 Å². The van der Waals surface area contributed by atoms with Gasteiger partial charge in [-0.3, -0.25) is 0 Å². The Morgan fingerprint density at radius 2 is 2.12 bits per heavy atom. The monoisotopic (exact) mass is 229 g/mol. The van der Waals surface area contributed by atoms with Crippen molar-refractivity contribution in [1.29, 1.82) is 0 Å². The lowest BCUT2D eigenvalue weighted by Gasteiger charge is -1.95. The van der Waals surface area contributed by atoms with Gasteiger partial charge in [0.1, 0.15) is 5.69 Å². The highest BCUT2D eigenvalue weighted by Gasteiger charge is 2.14. The van der Waals surface area contributed by atoms with E-state index in [0.717, 1.165) is 11.8 Å². The lowest BCUT2D eigenvalue weighted by atomic mass is 10.1. The zero-order valence-electron chi connectivity index (χ0n) is 8.56. The molecule has 84 valence electrons. The quantitative estimate of drug-likeness (QED) is 0.218. The number of hydrogen-bond donors (Lipinski definition) is 1. The molecule has 1 aromatic heterocycles. The first-order valence-electron chi connectivity index (χ1n) is 4.64. The minimum absolute atomic E-state index is 0.0378. The molecular formula is C10H7N5O2. The van der Waals surface area contributed by atoms with Gasteiger partial charge in [0.05, 0.1) is 11.8 Å². The van der Waals surface area contributed by atoms with Gasteiger partial charge in [-0.2, -0.15) is 0 Å². The summed E-state index contributed by atoms with van der Waals surface area (Å²) in [6.45, 7) is 0. The van der Waals surface area contributed by atoms with E-state index in [9.17, 15) is 0 Å². The minimum atomic E-state index is -0.0378. The third-order valence-electron chi connectivity index (χ3n) is 2.08. The topological polar surface area (TPSA) is 107 Å². The number of hydrogen-bond acceptors (Lipinski definition) is 5. The zero-order valence-corrected chi connectivity index (χ0v) is 8.56. The molecular weight excluding hydrogens is 222 g/mol. The van der Waals surface area contributed by atoms with Gasteiger partial charge in [0.2, 0.25) is 5.88 Å². The van der Waals surface area contributed by atoms with Gasteiger partial charge in [0.15, 0.2) is 0 Å². The third kappa shape index (κ3) is 2.09. The minimum Gasteiger partial charge on any atom is -0.411 e. The summed E-state index contributed by atoms with van der Waals surface area (Å²) in [5, 5.41) is 18.6. The molecule has 7 heteroatoms. The van der Waals surface area contributed by atoms with E-state index in [1.807, 2.05) is 30.3 Å². The SMILES string of the molecule is [N-]=[N+]=Nc1onc(-c2ccccc2)c1/C=N/O. The Morgan fingerprint density at radius 1 is 1.35 bits per heavy atom. The molecule has 0 fully saturated rings. The molecule has 2 aromatic rings. The van der Waals surface area contributed by atoms with Gasteiger partial charge in [-0.1, -0.05) is 40.6 Å². The lowest BCUT2D eigenvalue weighted by Crippen LogP contribution is -1.84. The van der Waals surface area contributed by atoms with Crippen molar-refractivity contribution in [3.63, 3.8) is 0 Å². The molecule has 0 unspecified atom stereocenters. The van der Waals surface area contributed by atoms with Crippen LogP contribution in [0.25, 0.3) is 21.7 Å². The van der Waals surface area contributed by atoms with E-state index in [-0.39, 0.29) is 5.88 Å². The first-order valence-corrected chi connectivity index (χ1v) is 4.64. The molecule has 0 aliphatic rings. The largest absolute Gasteiger partial charge is 0.411 e. The van der Waals surface area contributed by atoms with Crippen molar-refractivity contribution >= 4 is 12.1 Å². The van der Waals surface area contributed by atoms with Crippen molar-refractivity contribution < 1.29 is 9.73 Å². The molecule has 0 atom stereocenters. The van der Waals surface area contributed by atoms with Gasteiger partial charge >= 0.3 is 0 Å². The van der Waals surface area contributed by atoms with E-state index in [4.69, 9.17) is 15.3 Å². The summed E-state index contributed by atoms with van der Waals surface area (Å²) in [6.07, 6.45) is 1.11. The van der Waals surface area contributed by atoms with Crippen molar-refractivity contribution in [3.8, 4) is 11.3 Å². The van der Waals surface area contributed by atoms with Crippen molar-refractivity contribution in [2.24, 2.45) is 10.3 Å². The number of aromatic nitrogens is 1. The third-order valence-corrected chi connectivity index (χ3v) is 2.08. The molecule has 0 radical (unpaired) electrons. The van der Waals surface area contributed by atoms with Gasteiger partial charge in [0.25, 0.3) is 0 Å². The van der Waals surface area contributed by atoms with Crippen LogP contribution in [0.2, 0.25) is 0 Å². The molecule has 0 bridgehead atoms. The lowest BCUT2D eigenvalue weighted by molar-refractivity contribution is 0.322. The summed E-state index contributed by atoms with van der Waals surface area (Å²) in [4.78, 5) is 2.60. The zero-order chi connectivity index (χ0) is 12.1. The van der Waals surface area contributed by atoms with Crippen LogP contribution in [0.1, 0.15) is 5.56 Å². The number of nitrogens with zero attached hydrogens (tertiary/aromatic N) is 5. The Labute approximate surface area is 95.6 Å². The molecule has 0 saturated carbocycles. The molecule has 1 aromatic carbocycles. The maximum absolute atomic E-state index is 8.57. The number of rotatable bonds is 3. The van der Waals surface area contributed by atoms with Gasteiger partial charge in [-0.15, -0.1) is 0 Å². The number of azide groups is 1. The predicted molar refractivity (Wildman–Crippen MR) is 60.1 cm³/mol. The molecule has 17 heavy (non-hydrogen) atoms. The fourth-order valence-corrected chi connectivity index (χ4v) is 1.38. The van der Waals surface area contributed by atoms with Gasteiger partial charge < -0.3 is 9.73 Å². The summed E-state index contributed by atoms with van der Waals surface area (Å²) >= 11 is 0. The standard InChI is InChI=1S/C10H7N5O2/c11-15-13-10-8(6-12-16)9(14-17-10)7-4-2-1-3-5-7/h1-6,16H/b12-6+. The van der Waals surface area contributed by atoms with Gasteiger partial charge in [-0.05, 0) is 10.6 Å². The van der Waals surface area contributed by atoms with E-state index < -0.39 is 0 Å². The smallest absolute Gasteiger partial charge is 0.232 e. The molecule has 2 rings (SSSR count). The average molecular weight is 229 g/mol. The summed E-state index contributed by atoms with van der Waals surface area (Å²) in [6, 6.07) is 9.14. The Bertz CT molecular complexity index is 584. The highest BCUT2D eigenvalue weighted by molar-refractivity contribution is 5.92. The maximum atomic E-state index is 8.57. The van der Waals surface area contributed by atoms with Crippen LogP contribution in [-0.4, -0.2) is 16.6 Å². The van der Waals surface area contributed by atoms with Crippen LogP contribution in [0, 0.1) is 0 Å². The fourth-order valence-electron chi connectivity index (χ4n) is 1.38. The normalized spacial score (nSPS) is 10.4. The second-order valence-electron chi connectivity index (χ2n) is 3.05. The molecule has 0 amide bonds. The van der Waals surface area contributed by atoms with E-state index in [1.54, 1.807) is 0 Å². The van der Waals surface area contributed by atoms with E-state index >= 15 is 0 Å². The van der Waals surface area contributed by atoms with E-state index in [1.165, 1.54) is 0 Å². The molecule has 1 N–H and O–H groups in total. The Morgan fingerprint density at radius 3 is 2.76 bits per heavy atom. The summed E-state index contributed by atoms with van der Waals surface area (Å²) in [7, 11) is 0. The molecule has 7 nitrogen and oxygen atoms in total. The Balaban J connectivity index is 2.59. The van der Waals surface area contributed by atoms with Crippen molar-refractivity contribution in [2.45, 2.75) is 0 Å². The van der Waals surface area contributed by atoms with Crippen LogP contribution in [0.5, 0.6) is 0 Å². The highest BCUT2D eigenvalue weighted by atomic mass is 16.5. The Hall–Kier alpha value is -2.79. The maximum Gasteiger partial charge on any atom is 0.232 e. The highest BCUT2D eigenvalue weighted by Crippen LogP contribution is 2.29. The Kier molecular flexibility index (Phi) is 3.04. The molecule has 1 heterocycles. The predicted octanol–water partition coefficient (Wildman–Crippen LogP) is 3.09. The van der Waals surface area contributed by atoms with Gasteiger partial charge in [0, 0.05) is 10.5 Å². The first kappa shape index (κ1) is 10.7. The van der Waals surface area contributed by atoms with Crippen LogP contribution in [0.3, 0.4) is 0 Å². The summed E-state index contributed by atoms with van der Waals surface area (Å²) in [5.74, 6) is -0.0378.